The molecule has 0 spiro atoms. The molecular weight excluding hydrogens is 452 g/mol. The van der Waals surface area contributed by atoms with Crippen molar-refractivity contribution in [2.45, 2.75) is 40.7 Å². The zero-order valence-electron chi connectivity index (χ0n) is 20.0. The summed E-state index contributed by atoms with van der Waals surface area (Å²) in [6.07, 6.45) is 2.51. The lowest BCUT2D eigenvalue weighted by Crippen LogP contribution is -2.44. The van der Waals surface area contributed by atoms with Crippen LogP contribution in [-0.2, 0) is 11.3 Å². The Bertz CT molecular complexity index is 1250. The van der Waals surface area contributed by atoms with Crippen molar-refractivity contribution in [3.8, 4) is 5.75 Å². The first-order valence-electron chi connectivity index (χ1n) is 11.6. The van der Waals surface area contributed by atoms with Crippen LogP contribution in [0.2, 0.25) is 0 Å². The average molecular weight is 483 g/mol. The molecule has 1 N–H and O–H groups in total. The van der Waals surface area contributed by atoms with Gasteiger partial charge in [0.25, 0.3) is 11.5 Å². The first-order chi connectivity index (χ1) is 16.3. The van der Waals surface area contributed by atoms with Gasteiger partial charge in [0.15, 0.2) is 0 Å². The minimum Gasteiger partial charge on any atom is -0.494 e. The van der Waals surface area contributed by atoms with Crippen LogP contribution in [0.3, 0.4) is 0 Å². The highest BCUT2D eigenvalue weighted by atomic mass is 32.1. The largest absolute Gasteiger partial charge is 0.494 e. The number of thiophene rings is 1. The molecule has 2 unspecified atom stereocenters. The molecule has 0 aliphatic carbocycles. The van der Waals surface area contributed by atoms with Gasteiger partial charge in [0, 0.05) is 18.8 Å². The minimum absolute atomic E-state index is 0.0514. The Labute approximate surface area is 202 Å². The summed E-state index contributed by atoms with van der Waals surface area (Å²) in [5.41, 5.74) is 0.902. The molecule has 3 aromatic rings. The predicted octanol–water partition coefficient (Wildman–Crippen LogP) is 3.92. The third-order valence-electron chi connectivity index (χ3n) is 6.07. The van der Waals surface area contributed by atoms with E-state index in [-0.39, 0.29) is 23.9 Å². The van der Waals surface area contributed by atoms with E-state index >= 15 is 0 Å². The number of likely N-dealkylation sites (tertiary alicyclic amines) is 1. The monoisotopic (exact) mass is 482 g/mol. The number of nitrogens with one attached hydrogen (secondary N) is 1. The van der Waals surface area contributed by atoms with Crippen molar-refractivity contribution in [1.29, 1.82) is 0 Å². The zero-order chi connectivity index (χ0) is 24.4. The number of anilines is 1. The van der Waals surface area contributed by atoms with Gasteiger partial charge >= 0.3 is 0 Å². The number of benzene rings is 1. The van der Waals surface area contributed by atoms with Gasteiger partial charge in [0.2, 0.25) is 5.91 Å². The molecule has 1 aliphatic rings. The van der Waals surface area contributed by atoms with Gasteiger partial charge < -0.3 is 15.0 Å². The summed E-state index contributed by atoms with van der Waals surface area (Å²) in [6.45, 7) is 9.88. The standard InChI is InChI=1S/C25H30N4O4S/c1-5-33-19-8-6-18(7-9-19)27-23(31)22-17(4)21-24(34-22)26-14-29(25(21)32)13-20(30)28-11-15(2)10-16(3)12-28/h6-9,14-16H,5,10-13H2,1-4H3,(H,27,31). The molecule has 1 aromatic carbocycles. The zero-order valence-corrected chi connectivity index (χ0v) is 20.8. The van der Waals surface area contributed by atoms with Crippen molar-refractivity contribution in [2.24, 2.45) is 11.8 Å². The number of nitrogens with zero attached hydrogens (tertiary/aromatic N) is 3. The minimum atomic E-state index is -0.303. The molecule has 1 aliphatic heterocycles. The number of aryl methyl sites for hydroxylation is 1. The summed E-state index contributed by atoms with van der Waals surface area (Å²) in [4.78, 5) is 46.2. The molecule has 2 amide bonds. The van der Waals surface area contributed by atoms with Gasteiger partial charge in [-0.25, -0.2) is 4.98 Å². The highest BCUT2D eigenvalue weighted by Gasteiger charge is 2.26. The van der Waals surface area contributed by atoms with Crippen LogP contribution in [0.1, 0.15) is 42.4 Å². The predicted molar refractivity (Wildman–Crippen MR) is 134 cm³/mol. The van der Waals surface area contributed by atoms with E-state index in [9.17, 15) is 14.4 Å². The molecule has 1 fully saturated rings. The van der Waals surface area contributed by atoms with E-state index in [1.54, 1.807) is 31.2 Å². The lowest BCUT2D eigenvalue weighted by Gasteiger charge is -2.35. The van der Waals surface area contributed by atoms with Crippen molar-refractivity contribution < 1.29 is 14.3 Å². The van der Waals surface area contributed by atoms with E-state index < -0.39 is 0 Å². The van der Waals surface area contributed by atoms with E-state index in [2.05, 4.69) is 24.1 Å². The highest BCUT2D eigenvalue weighted by molar-refractivity contribution is 7.20. The summed E-state index contributed by atoms with van der Waals surface area (Å²) < 4.78 is 6.78. The van der Waals surface area contributed by atoms with Crippen LogP contribution < -0.4 is 15.6 Å². The molecule has 180 valence electrons. The SMILES string of the molecule is CCOc1ccc(NC(=O)c2sc3ncn(CC(=O)N4CC(C)CC(C)C4)c(=O)c3c2C)cc1. The highest BCUT2D eigenvalue weighted by Crippen LogP contribution is 2.28. The molecule has 8 nitrogen and oxygen atoms in total. The Morgan fingerprint density at radius 1 is 1.18 bits per heavy atom. The van der Waals surface area contributed by atoms with Crippen LogP contribution in [0.15, 0.2) is 35.4 Å². The van der Waals surface area contributed by atoms with Gasteiger partial charge in [-0.1, -0.05) is 13.8 Å². The molecule has 0 saturated carbocycles. The van der Waals surface area contributed by atoms with Gasteiger partial charge in [-0.05, 0) is 61.9 Å². The number of carbonyl (C=O) groups excluding carboxylic acids is 2. The number of hydrogen-bond acceptors (Lipinski definition) is 6. The number of piperidine rings is 1. The number of hydrogen-bond donors (Lipinski definition) is 1. The first kappa shape index (κ1) is 23.9. The fraction of sp³-hybridized carbons (Fsp3) is 0.440. The summed E-state index contributed by atoms with van der Waals surface area (Å²) in [5.74, 6) is 1.23. The number of fused-ring (bicyclic) bond motifs is 1. The molecule has 3 heterocycles. The van der Waals surface area contributed by atoms with Crippen LogP contribution in [0.4, 0.5) is 5.69 Å². The third kappa shape index (κ3) is 4.99. The molecule has 2 atom stereocenters. The van der Waals surface area contributed by atoms with Crippen LogP contribution in [0.25, 0.3) is 10.2 Å². The number of rotatable bonds is 6. The molecule has 0 radical (unpaired) electrons. The fourth-order valence-electron chi connectivity index (χ4n) is 4.59. The fourth-order valence-corrected chi connectivity index (χ4v) is 5.62. The smallest absolute Gasteiger partial charge is 0.266 e. The van der Waals surface area contributed by atoms with E-state index in [0.29, 0.717) is 57.9 Å². The van der Waals surface area contributed by atoms with Crippen LogP contribution in [0, 0.1) is 18.8 Å². The summed E-state index contributed by atoms with van der Waals surface area (Å²) >= 11 is 1.18. The molecular formula is C25H30N4O4S. The molecule has 9 heteroatoms. The van der Waals surface area contributed by atoms with Crippen LogP contribution in [0.5, 0.6) is 5.75 Å². The normalized spacial score (nSPS) is 18.2. The number of ether oxygens (including phenoxy) is 1. The summed E-state index contributed by atoms with van der Waals surface area (Å²) in [7, 11) is 0. The van der Waals surface area contributed by atoms with Gasteiger partial charge in [0.1, 0.15) is 17.1 Å². The van der Waals surface area contributed by atoms with Crippen LogP contribution >= 0.6 is 11.3 Å². The topological polar surface area (TPSA) is 93.5 Å². The maximum absolute atomic E-state index is 13.2. The van der Waals surface area contributed by atoms with E-state index in [4.69, 9.17) is 4.74 Å². The molecule has 4 rings (SSSR count). The maximum Gasteiger partial charge on any atom is 0.266 e. The van der Waals surface area contributed by atoms with Gasteiger partial charge in [0.05, 0.1) is 23.2 Å². The molecule has 1 saturated heterocycles. The lowest BCUT2D eigenvalue weighted by atomic mass is 9.92. The first-order valence-corrected chi connectivity index (χ1v) is 12.4. The summed E-state index contributed by atoms with van der Waals surface area (Å²) in [6, 6.07) is 7.12. The van der Waals surface area contributed by atoms with Crippen molar-refractivity contribution in [3.05, 3.63) is 51.4 Å². The number of carbonyl (C=O) groups is 2. The third-order valence-corrected chi connectivity index (χ3v) is 7.27. The Hall–Kier alpha value is -3.20. The molecule has 2 aromatic heterocycles. The quantitative estimate of drug-likeness (QED) is 0.575. The van der Waals surface area contributed by atoms with E-state index in [0.717, 1.165) is 12.2 Å². The second kappa shape index (κ2) is 9.97. The van der Waals surface area contributed by atoms with Crippen molar-refractivity contribution >= 4 is 39.1 Å². The van der Waals surface area contributed by atoms with Crippen LogP contribution in [-0.4, -0.2) is 46.0 Å². The Morgan fingerprint density at radius 3 is 2.50 bits per heavy atom. The molecule has 34 heavy (non-hydrogen) atoms. The Morgan fingerprint density at radius 2 is 1.85 bits per heavy atom. The Kier molecular flexibility index (Phi) is 7.02. The van der Waals surface area contributed by atoms with Gasteiger partial charge in [-0.2, -0.15) is 0 Å². The van der Waals surface area contributed by atoms with Crippen molar-refractivity contribution in [3.63, 3.8) is 0 Å². The summed E-state index contributed by atoms with van der Waals surface area (Å²) in [5, 5.41) is 3.25. The lowest BCUT2D eigenvalue weighted by molar-refractivity contribution is -0.134. The van der Waals surface area contributed by atoms with E-state index in [1.807, 2.05) is 11.8 Å². The van der Waals surface area contributed by atoms with Crippen molar-refractivity contribution in [2.75, 3.05) is 25.0 Å². The second-order valence-electron chi connectivity index (χ2n) is 9.07. The second-order valence-corrected chi connectivity index (χ2v) is 10.1. The average Bonchev–Trinajstić information content (AvgIpc) is 3.13. The number of amides is 2. The van der Waals surface area contributed by atoms with Crippen molar-refractivity contribution in [1.82, 2.24) is 14.5 Å². The maximum atomic E-state index is 13.2. The number of aromatic nitrogens is 2. The Balaban J connectivity index is 1.54. The van der Waals surface area contributed by atoms with E-state index in [1.165, 1.54) is 22.2 Å². The van der Waals surface area contributed by atoms with Gasteiger partial charge in [-0.3, -0.25) is 19.0 Å². The van der Waals surface area contributed by atoms with Gasteiger partial charge in [-0.15, -0.1) is 11.3 Å². The molecule has 0 bridgehead atoms.